The van der Waals surface area contributed by atoms with Crippen LogP contribution in [0.1, 0.15) is 11.1 Å². The number of sulfone groups is 1. The Labute approximate surface area is 173 Å². The minimum Gasteiger partial charge on any atom is -0.316 e. The lowest BCUT2D eigenvalue weighted by Crippen LogP contribution is -2.37. The van der Waals surface area contributed by atoms with Crippen molar-refractivity contribution in [3.63, 3.8) is 0 Å². The molecule has 28 heavy (non-hydrogen) atoms. The van der Waals surface area contributed by atoms with Crippen molar-refractivity contribution >= 4 is 50.0 Å². The van der Waals surface area contributed by atoms with Crippen molar-refractivity contribution < 1.29 is 13.2 Å². The van der Waals surface area contributed by atoms with Gasteiger partial charge in [0.15, 0.2) is 15.0 Å². The number of benzene rings is 2. The first-order chi connectivity index (χ1) is 13.3. The van der Waals surface area contributed by atoms with E-state index in [1.54, 1.807) is 12.1 Å². The number of amidine groups is 1. The summed E-state index contributed by atoms with van der Waals surface area (Å²) in [5, 5.41) is 1.04. The molecule has 0 radical (unpaired) electrons. The van der Waals surface area contributed by atoms with Crippen LogP contribution in [0.3, 0.4) is 0 Å². The van der Waals surface area contributed by atoms with Crippen LogP contribution >= 0.6 is 23.4 Å². The van der Waals surface area contributed by atoms with Crippen molar-refractivity contribution in [1.29, 1.82) is 0 Å². The lowest BCUT2D eigenvalue weighted by atomic mass is 10.1. The first-order valence-corrected chi connectivity index (χ1v) is 12.0. The number of amides is 1. The highest BCUT2D eigenvalue weighted by Gasteiger charge is 2.49. The minimum absolute atomic E-state index is 0.0679. The molecule has 0 N–H and O–H groups in total. The molecule has 2 atom stereocenters. The Morgan fingerprint density at radius 3 is 2.50 bits per heavy atom. The maximum absolute atomic E-state index is 12.6. The number of fused-ring (bicyclic) bond motifs is 1. The van der Waals surface area contributed by atoms with E-state index in [1.807, 2.05) is 48.2 Å². The van der Waals surface area contributed by atoms with Gasteiger partial charge in [-0.2, -0.15) is 4.99 Å². The smallest absolute Gasteiger partial charge is 0.252 e. The molecule has 0 saturated carbocycles. The Morgan fingerprint density at radius 1 is 1.14 bits per heavy atom. The van der Waals surface area contributed by atoms with Gasteiger partial charge in [-0.15, -0.1) is 0 Å². The predicted molar refractivity (Wildman–Crippen MR) is 115 cm³/mol. The largest absolute Gasteiger partial charge is 0.316 e. The second-order valence-electron chi connectivity index (χ2n) is 7.10. The lowest BCUT2D eigenvalue weighted by molar-refractivity contribution is -0.117. The van der Waals surface area contributed by atoms with Gasteiger partial charge in [0.25, 0.3) is 5.91 Å². The number of hydrogen-bond acceptors (Lipinski definition) is 4. The summed E-state index contributed by atoms with van der Waals surface area (Å²) in [4.78, 5) is 18.8. The zero-order chi connectivity index (χ0) is 19.9. The fourth-order valence-electron chi connectivity index (χ4n) is 3.49. The number of thioether (sulfide) groups is 1. The van der Waals surface area contributed by atoms with E-state index in [9.17, 15) is 13.2 Å². The van der Waals surface area contributed by atoms with Gasteiger partial charge in [0.1, 0.15) is 0 Å². The number of halogens is 1. The highest BCUT2D eigenvalue weighted by atomic mass is 35.5. The summed E-state index contributed by atoms with van der Waals surface area (Å²) in [6, 6.07) is 14.7. The van der Waals surface area contributed by atoms with Crippen LogP contribution < -0.4 is 4.90 Å². The molecular weight excluding hydrogens is 416 g/mol. The molecule has 0 aromatic heterocycles. The maximum Gasteiger partial charge on any atom is 0.252 e. The van der Waals surface area contributed by atoms with Crippen molar-refractivity contribution in [2.45, 2.75) is 24.6 Å². The Balaban J connectivity index is 1.62. The van der Waals surface area contributed by atoms with Gasteiger partial charge in [-0.1, -0.05) is 53.2 Å². The molecule has 2 aromatic rings. The quantitative estimate of drug-likeness (QED) is 0.739. The molecule has 0 bridgehead atoms. The first kappa shape index (κ1) is 19.5. The summed E-state index contributed by atoms with van der Waals surface area (Å²) >= 11 is 7.37. The number of anilines is 1. The fourth-order valence-corrected chi connectivity index (χ4v) is 7.55. The minimum atomic E-state index is -3.09. The van der Waals surface area contributed by atoms with E-state index in [4.69, 9.17) is 11.6 Å². The summed E-state index contributed by atoms with van der Waals surface area (Å²) < 4.78 is 24.2. The average molecular weight is 435 g/mol. The molecule has 146 valence electrons. The van der Waals surface area contributed by atoms with E-state index in [0.29, 0.717) is 10.2 Å². The van der Waals surface area contributed by atoms with Crippen molar-refractivity contribution in [3.05, 3.63) is 64.7 Å². The Morgan fingerprint density at radius 2 is 1.82 bits per heavy atom. The van der Waals surface area contributed by atoms with E-state index in [1.165, 1.54) is 11.8 Å². The molecule has 2 aromatic carbocycles. The zero-order valence-electron chi connectivity index (χ0n) is 15.2. The second-order valence-corrected chi connectivity index (χ2v) is 10.9. The Bertz CT molecular complexity index is 1030. The van der Waals surface area contributed by atoms with Crippen molar-refractivity contribution in [1.82, 2.24) is 0 Å². The van der Waals surface area contributed by atoms with Crippen LogP contribution in [-0.4, -0.2) is 42.3 Å². The van der Waals surface area contributed by atoms with Crippen molar-refractivity contribution in [3.8, 4) is 0 Å². The molecule has 5 nitrogen and oxygen atoms in total. The molecule has 0 unspecified atom stereocenters. The molecule has 2 saturated heterocycles. The molecule has 2 fully saturated rings. The standard InChI is InChI=1S/C20H19ClN2O3S2/c1-13-2-4-14(5-3-13)10-19(24)22-20-23(16-8-6-15(21)7-9-16)17-11-28(25,26)12-18(17)27-20/h2-9,17-18H,10-12H2,1H3/t17-,18+/m1/s1. The Kier molecular flexibility index (Phi) is 5.24. The van der Waals surface area contributed by atoms with E-state index in [-0.39, 0.29) is 35.1 Å². The van der Waals surface area contributed by atoms with Gasteiger partial charge in [-0.05, 0) is 36.8 Å². The highest BCUT2D eigenvalue weighted by molar-refractivity contribution is 8.16. The van der Waals surface area contributed by atoms with Gasteiger partial charge in [-0.25, -0.2) is 8.42 Å². The summed E-state index contributed by atoms with van der Waals surface area (Å²) in [5.41, 5.74) is 2.84. The van der Waals surface area contributed by atoms with Crippen molar-refractivity contribution in [2.24, 2.45) is 4.99 Å². The van der Waals surface area contributed by atoms with Crippen LogP contribution in [0.2, 0.25) is 5.02 Å². The highest BCUT2D eigenvalue weighted by Crippen LogP contribution is 2.41. The average Bonchev–Trinajstić information content (AvgIpc) is 3.09. The van der Waals surface area contributed by atoms with Gasteiger partial charge < -0.3 is 4.90 Å². The molecule has 1 amide bonds. The van der Waals surface area contributed by atoms with Crippen LogP contribution in [0.25, 0.3) is 0 Å². The first-order valence-electron chi connectivity index (χ1n) is 8.90. The van der Waals surface area contributed by atoms with Gasteiger partial charge in [0, 0.05) is 16.0 Å². The zero-order valence-corrected chi connectivity index (χ0v) is 17.6. The van der Waals surface area contributed by atoms with Crippen molar-refractivity contribution in [2.75, 3.05) is 16.4 Å². The van der Waals surface area contributed by atoms with Crippen LogP contribution in [0.5, 0.6) is 0 Å². The van der Waals surface area contributed by atoms with Crippen LogP contribution in [0.15, 0.2) is 53.5 Å². The third-order valence-electron chi connectivity index (χ3n) is 4.87. The molecule has 8 heteroatoms. The van der Waals surface area contributed by atoms with Crippen LogP contribution in [0.4, 0.5) is 5.69 Å². The number of hydrogen-bond donors (Lipinski definition) is 0. The van der Waals surface area contributed by atoms with Gasteiger partial charge in [0.2, 0.25) is 0 Å². The number of aliphatic imine (C=N–C) groups is 1. The molecule has 4 rings (SSSR count). The third kappa shape index (κ3) is 4.11. The molecular formula is C20H19ClN2O3S2. The third-order valence-corrected chi connectivity index (χ3v) is 8.33. The topological polar surface area (TPSA) is 66.8 Å². The molecule has 2 aliphatic rings. The normalized spacial score (nSPS) is 24.5. The number of rotatable bonds is 3. The van der Waals surface area contributed by atoms with E-state index >= 15 is 0 Å². The Hall–Kier alpha value is -1.83. The van der Waals surface area contributed by atoms with E-state index in [0.717, 1.165) is 16.8 Å². The number of nitrogens with zero attached hydrogens (tertiary/aromatic N) is 2. The number of carbonyl (C=O) groups excluding carboxylic acids is 1. The summed E-state index contributed by atoms with van der Waals surface area (Å²) in [6.07, 6.45) is 0.215. The number of carbonyl (C=O) groups is 1. The SMILES string of the molecule is Cc1ccc(CC(=O)N=C2S[C@H]3CS(=O)(=O)C[C@H]3N2c2ccc(Cl)cc2)cc1. The molecule has 0 spiro atoms. The summed E-state index contributed by atoms with van der Waals surface area (Å²) in [7, 11) is -3.09. The summed E-state index contributed by atoms with van der Waals surface area (Å²) in [5.74, 6) is -0.0658. The van der Waals surface area contributed by atoms with Crippen LogP contribution in [-0.2, 0) is 21.1 Å². The maximum atomic E-state index is 12.6. The van der Waals surface area contributed by atoms with Gasteiger partial charge in [0.05, 0.1) is 24.0 Å². The summed E-state index contributed by atoms with van der Waals surface area (Å²) in [6.45, 7) is 2.00. The fraction of sp³-hybridized carbons (Fsp3) is 0.300. The second kappa shape index (κ2) is 7.54. The van der Waals surface area contributed by atoms with E-state index < -0.39 is 9.84 Å². The number of aryl methyl sites for hydroxylation is 1. The van der Waals surface area contributed by atoms with Gasteiger partial charge in [-0.3, -0.25) is 4.79 Å². The lowest BCUT2D eigenvalue weighted by Gasteiger charge is -2.24. The van der Waals surface area contributed by atoms with Crippen LogP contribution in [0, 0.1) is 6.92 Å². The van der Waals surface area contributed by atoms with Gasteiger partial charge >= 0.3 is 0 Å². The molecule has 2 aliphatic heterocycles. The predicted octanol–water partition coefficient (Wildman–Crippen LogP) is 3.49. The van der Waals surface area contributed by atoms with E-state index in [2.05, 4.69) is 4.99 Å². The molecule has 2 heterocycles. The molecule has 0 aliphatic carbocycles. The monoisotopic (exact) mass is 434 g/mol.